The van der Waals surface area contributed by atoms with Crippen LogP contribution in [0.2, 0.25) is 0 Å². The molecule has 0 spiro atoms. The van der Waals surface area contributed by atoms with Gasteiger partial charge >= 0.3 is 0 Å². The molecule has 0 radical (unpaired) electrons. The third-order valence-corrected chi connectivity index (χ3v) is 4.72. The maximum Gasteiger partial charge on any atom is 0.291 e. The molecule has 2 heterocycles. The van der Waals surface area contributed by atoms with Gasteiger partial charge in [-0.25, -0.2) is 4.68 Å². The summed E-state index contributed by atoms with van der Waals surface area (Å²) in [4.78, 5) is 25.0. The van der Waals surface area contributed by atoms with Crippen LogP contribution in [0.4, 0.5) is 0 Å². The Morgan fingerprint density at radius 2 is 2.00 bits per heavy atom. The Balaban J connectivity index is 1.93. The Hall–Kier alpha value is -2.15. The molecule has 2 aromatic heterocycles. The zero-order valence-electron chi connectivity index (χ0n) is 15.2. The monoisotopic (exact) mass is 346 g/mol. The first kappa shape index (κ1) is 17.7. The maximum atomic E-state index is 12.8. The van der Waals surface area contributed by atoms with Crippen molar-refractivity contribution in [3.05, 3.63) is 34.0 Å². The van der Waals surface area contributed by atoms with Crippen LogP contribution >= 0.6 is 0 Å². The fraction of sp³-hybridized carbons (Fsp3) is 0.611. The summed E-state index contributed by atoms with van der Waals surface area (Å²) < 4.78 is 3.10. The van der Waals surface area contributed by atoms with Crippen molar-refractivity contribution in [2.24, 2.45) is 0 Å². The minimum atomic E-state index is -0.329. The summed E-state index contributed by atoms with van der Waals surface area (Å²) in [6.07, 6.45) is 2.77. The van der Waals surface area contributed by atoms with E-state index in [0.717, 1.165) is 11.4 Å². The summed E-state index contributed by atoms with van der Waals surface area (Å²) in [5.41, 5.74) is 1.36. The third kappa shape index (κ3) is 3.46. The van der Waals surface area contributed by atoms with E-state index in [2.05, 4.69) is 24.3 Å². The highest BCUT2D eigenvalue weighted by atomic mass is 16.3. The molecule has 0 aliphatic heterocycles. The van der Waals surface area contributed by atoms with Crippen LogP contribution in [0.1, 0.15) is 63.8 Å². The number of aliphatic hydroxyl groups excluding tert-OH is 1. The zero-order chi connectivity index (χ0) is 18.3. The van der Waals surface area contributed by atoms with Gasteiger partial charge in [-0.2, -0.15) is 5.10 Å². The molecule has 7 heteroatoms. The Morgan fingerprint density at radius 3 is 2.56 bits per heavy atom. The topological polar surface area (TPSA) is 88.6 Å². The highest BCUT2D eigenvalue weighted by molar-refractivity contribution is 5.76. The molecule has 7 nitrogen and oxygen atoms in total. The van der Waals surface area contributed by atoms with Crippen molar-refractivity contribution in [1.82, 2.24) is 19.5 Å². The number of hydrogen-bond acceptors (Lipinski definition) is 4. The van der Waals surface area contributed by atoms with Gasteiger partial charge in [-0.15, -0.1) is 0 Å². The lowest BCUT2D eigenvalue weighted by molar-refractivity contribution is -0.124. The van der Waals surface area contributed by atoms with E-state index < -0.39 is 0 Å². The average molecular weight is 346 g/mol. The highest BCUT2D eigenvalue weighted by Crippen LogP contribution is 2.21. The molecule has 0 unspecified atom stereocenters. The van der Waals surface area contributed by atoms with Crippen molar-refractivity contribution in [2.75, 3.05) is 0 Å². The first-order valence-corrected chi connectivity index (χ1v) is 8.86. The largest absolute Gasteiger partial charge is 0.393 e. The number of carbonyl (C=O) groups is 1. The van der Waals surface area contributed by atoms with Gasteiger partial charge in [-0.05, 0) is 30.4 Å². The van der Waals surface area contributed by atoms with Crippen LogP contribution in [-0.2, 0) is 11.3 Å². The zero-order valence-corrected chi connectivity index (χ0v) is 15.2. The van der Waals surface area contributed by atoms with Crippen LogP contribution in [0.15, 0.2) is 17.1 Å². The van der Waals surface area contributed by atoms with Crippen molar-refractivity contribution in [3.8, 4) is 0 Å². The van der Waals surface area contributed by atoms with E-state index >= 15 is 0 Å². The predicted octanol–water partition coefficient (Wildman–Crippen LogP) is 1.38. The second kappa shape index (κ2) is 6.63. The number of rotatable bonds is 5. The van der Waals surface area contributed by atoms with Crippen molar-refractivity contribution < 1.29 is 9.90 Å². The van der Waals surface area contributed by atoms with Gasteiger partial charge < -0.3 is 10.4 Å². The van der Waals surface area contributed by atoms with Crippen LogP contribution < -0.4 is 10.9 Å². The number of hydrogen-bond donors (Lipinski definition) is 2. The smallest absolute Gasteiger partial charge is 0.291 e. The Kier molecular flexibility index (Phi) is 4.69. The molecule has 25 heavy (non-hydrogen) atoms. The molecule has 1 aliphatic rings. The molecule has 3 rings (SSSR count). The number of amides is 1. The van der Waals surface area contributed by atoms with E-state index in [1.165, 1.54) is 4.68 Å². The number of aromatic nitrogens is 3. The van der Waals surface area contributed by atoms with E-state index in [4.69, 9.17) is 0 Å². The van der Waals surface area contributed by atoms with Crippen molar-refractivity contribution in [3.63, 3.8) is 0 Å². The summed E-state index contributed by atoms with van der Waals surface area (Å²) in [7, 11) is 0. The Labute approximate surface area is 146 Å². The summed E-state index contributed by atoms with van der Waals surface area (Å²) >= 11 is 0. The van der Waals surface area contributed by atoms with Gasteiger partial charge in [0.25, 0.3) is 5.56 Å². The fourth-order valence-electron chi connectivity index (χ4n) is 3.12. The van der Waals surface area contributed by atoms with Gasteiger partial charge in [-0.1, -0.05) is 27.7 Å². The molecule has 1 aliphatic carbocycles. The van der Waals surface area contributed by atoms with Crippen molar-refractivity contribution in [2.45, 2.75) is 71.1 Å². The highest BCUT2D eigenvalue weighted by Gasteiger charge is 2.28. The molecule has 2 aromatic rings. The quantitative estimate of drug-likeness (QED) is 0.856. The van der Waals surface area contributed by atoms with Crippen LogP contribution in [0.3, 0.4) is 0 Å². The molecule has 0 bridgehead atoms. The number of nitrogens with one attached hydrogen (secondary N) is 1. The van der Waals surface area contributed by atoms with Crippen LogP contribution in [0.25, 0.3) is 5.52 Å². The van der Waals surface area contributed by atoms with Gasteiger partial charge in [-0.3, -0.25) is 14.0 Å². The molecule has 136 valence electrons. The molecular formula is C18H26N4O3. The predicted molar refractivity (Wildman–Crippen MR) is 94.8 cm³/mol. The summed E-state index contributed by atoms with van der Waals surface area (Å²) in [5.74, 6) is 0.933. The molecule has 0 saturated heterocycles. The maximum absolute atomic E-state index is 12.8. The van der Waals surface area contributed by atoms with E-state index in [0.29, 0.717) is 24.3 Å². The lowest BCUT2D eigenvalue weighted by Gasteiger charge is -2.31. The normalized spacial score (nSPS) is 20.3. The fourth-order valence-corrected chi connectivity index (χ4v) is 3.12. The van der Waals surface area contributed by atoms with E-state index in [1.807, 2.05) is 30.5 Å². The first-order chi connectivity index (χ1) is 11.8. The van der Waals surface area contributed by atoms with Crippen molar-refractivity contribution >= 4 is 11.4 Å². The minimum absolute atomic E-state index is 0.00709. The van der Waals surface area contributed by atoms with Crippen LogP contribution in [-0.4, -0.2) is 37.3 Å². The minimum Gasteiger partial charge on any atom is -0.393 e. The second-order valence-electron chi connectivity index (χ2n) is 7.55. The van der Waals surface area contributed by atoms with E-state index in [9.17, 15) is 14.7 Å². The average Bonchev–Trinajstić information content (AvgIpc) is 2.94. The summed E-state index contributed by atoms with van der Waals surface area (Å²) in [6.45, 7) is 8.08. The Bertz CT molecular complexity index is 844. The lowest BCUT2D eigenvalue weighted by atomic mass is 9.89. The van der Waals surface area contributed by atoms with Crippen molar-refractivity contribution in [1.29, 1.82) is 0 Å². The molecule has 1 amide bonds. The van der Waals surface area contributed by atoms with Gasteiger partial charge in [0.05, 0.1) is 6.10 Å². The summed E-state index contributed by atoms with van der Waals surface area (Å²) in [6, 6.07) is 1.88. The Morgan fingerprint density at radius 1 is 1.32 bits per heavy atom. The number of aliphatic hydroxyl groups is 1. The molecule has 2 N–H and O–H groups in total. The molecule has 0 atom stereocenters. The van der Waals surface area contributed by atoms with Gasteiger partial charge in [0.2, 0.25) is 5.91 Å². The third-order valence-electron chi connectivity index (χ3n) is 4.72. The molecular weight excluding hydrogens is 320 g/mol. The molecule has 0 aromatic carbocycles. The number of fused-ring (bicyclic) bond motifs is 1. The SMILES string of the molecule is CC(C)c1cc2c(=O)n(CC(=O)NC3CC(O)C3)nc(C(C)C)n2c1. The van der Waals surface area contributed by atoms with E-state index in [1.54, 1.807) is 0 Å². The molecule has 1 fully saturated rings. The second-order valence-corrected chi connectivity index (χ2v) is 7.55. The number of carbonyl (C=O) groups excluding carboxylic acids is 1. The lowest BCUT2D eigenvalue weighted by Crippen LogP contribution is -2.48. The summed E-state index contributed by atoms with van der Waals surface area (Å²) in [5, 5.41) is 16.6. The number of nitrogens with zero attached hydrogens (tertiary/aromatic N) is 3. The first-order valence-electron chi connectivity index (χ1n) is 8.86. The van der Waals surface area contributed by atoms with Gasteiger partial charge in [0, 0.05) is 18.2 Å². The molecule has 1 saturated carbocycles. The van der Waals surface area contributed by atoms with Crippen LogP contribution in [0, 0.1) is 0 Å². The van der Waals surface area contributed by atoms with Gasteiger partial charge in [0.1, 0.15) is 17.9 Å². The standard InChI is InChI=1S/C18H26N4O3/c1-10(2)12-5-15-18(25)22(20-17(11(3)4)21(15)8-12)9-16(24)19-13-6-14(23)7-13/h5,8,10-11,13-14,23H,6-7,9H2,1-4H3,(H,19,24). The van der Waals surface area contributed by atoms with Crippen LogP contribution in [0.5, 0.6) is 0 Å². The van der Waals surface area contributed by atoms with Gasteiger partial charge in [0.15, 0.2) is 0 Å². The van der Waals surface area contributed by atoms with E-state index in [-0.39, 0.29) is 36.1 Å².